The molecule has 0 radical (unpaired) electrons. The first-order valence-electron chi connectivity index (χ1n) is 10.9. The van der Waals surface area contributed by atoms with Crippen molar-refractivity contribution in [2.75, 3.05) is 13.1 Å². The first kappa shape index (κ1) is 20.6. The molecular formula is C25H24ClN5O. The Morgan fingerprint density at radius 2 is 1.66 bits per heavy atom. The summed E-state index contributed by atoms with van der Waals surface area (Å²) in [7, 11) is 0. The van der Waals surface area contributed by atoms with Gasteiger partial charge in [-0.1, -0.05) is 79.2 Å². The van der Waals surface area contributed by atoms with E-state index in [1.165, 1.54) is 0 Å². The molecule has 1 atom stereocenters. The Morgan fingerprint density at radius 3 is 2.31 bits per heavy atom. The highest BCUT2D eigenvalue weighted by molar-refractivity contribution is 6.38. The van der Waals surface area contributed by atoms with Crippen LogP contribution < -0.4 is 0 Å². The van der Waals surface area contributed by atoms with E-state index >= 15 is 0 Å². The number of rotatable bonds is 4. The van der Waals surface area contributed by atoms with E-state index in [2.05, 4.69) is 17.1 Å². The fraction of sp³-hybridized carbons (Fsp3) is 0.280. The maximum absolute atomic E-state index is 13.1. The second-order valence-electron chi connectivity index (χ2n) is 8.39. The molecular weight excluding hydrogens is 422 g/mol. The van der Waals surface area contributed by atoms with Crippen LogP contribution in [0, 0.1) is 5.92 Å². The van der Waals surface area contributed by atoms with Gasteiger partial charge >= 0.3 is 0 Å². The van der Waals surface area contributed by atoms with E-state index in [9.17, 15) is 4.79 Å². The third kappa shape index (κ3) is 3.86. The lowest BCUT2D eigenvalue weighted by atomic mass is 10.0. The maximum atomic E-state index is 13.1. The molecule has 1 saturated heterocycles. The summed E-state index contributed by atoms with van der Waals surface area (Å²) in [5.41, 5.74) is 3.64. The van der Waals surface area contributed by atoms with Crippen molar-refractivity contribution in [3.63, 3.8) is 0 Å². The molecule has 1 unspecified atom stereocenters. The van der Waals surface area contributed by atoms with Gasteiger partial charge in [0.25, 0.3) is 0 Å². The molecule has 5 rings (SSSR count). The summed E-state index contributed by atoms with van der Waals surface area (Å²) < 4.78 is 1.65. The molecule has 4 aromatic rings. The highest BCUT2D eigenvalue weighted by Gasteiger charge is 2.25. The van der Waals surface area contributed by atoms with Crippen LogP contribution in [0.5, 0.6) is 0 Å². The summed E-state index contributed by atoms with van der Waals surface area (Å²) in [5.74, 6) is 0.565. The van der Waals surface area contributed by atoms with Crippen LogP contribution in [0.15, 0.2) is 60.7 Å². The number of nitrogens with zero attached hydrogens (tertiary/aromatic N) is 5. The molecule has 162 valence electrons. The van der Waals surface area contributed by atoms with Gasteiger partial charge in [0, 0.05) is 24.2 Å². The van der Waals surface area contributed by atoms with Crippen molar-refractivity contribution in [3.05, 3.63) is 65.7 Å². The molecule has 1 aliphatic heterocycles. The molecule has 1 amide bonds. The summed E-state index contributed by atoms with van der Waals surface area (Å²) >= 11 is 6.90. The van der Waals surface area contributed by atoms with Gasteiger partial charge in [0.2, 0.25) is 5.91 Å². The zero-order valence-corrected chi connectivity index (χ0v) is 18.7. The molecule has 6 nitrogen and oxygen atoms in total. The van der Waals surface area contributed by atoms with Crippen LogP contribution >= 0.6 is 11.6 Å². The van der Waals surface area contributed by atoms with Crippen LogP contribution in [0.2, 0.25) is 5.02 Å². The van der Waals surface area contributed by atoms with E-state index in [-0.39, 0.29) is 12.5 Å². The fourth-order valence-corrected chi connectivity index (χ4v) is 4.67. The minimum absolute atomic E-state index is 0.0469. The van der Waals surface area contributed by atoms with E-state index in [4.69, 9.17) is 16.7 Å². The lowest BCUT2D eigenvalue weighted by Gasteiger charge is -2.30. The van der Waals surface area contributed by atoms with Crippen LogP contribution in [0.1, 0.15) is 19.8 Å². The summed E-state index contributed by atoms with van der Waals surface area (Å²) in [5, 5.41) is 14.9. The largest absolute Gasteiger partial charge is 0.341 e. The fourth-order valence-electron chi connectivity index (χ4n) is 4.35. The highest BCUT2D eigenvalue weighted by atomic mass is 35.5. The lowest BCUT2D eigenvalue weighted by molar-refractivity contribution is -0.133. The van der Waals surface area contributed by atoms with Gasteiger partial charge in [-0.25, -0.2) is 4.68 Å². The summed E-state index contributed by atoms with van der Waals surface area (Å²) in [6.45, 7) is 3.88. The zero-order chi connectivity index (χ0) is 22.1. The van der Waals surface area contributed by atoms with Crippen molar-refractivity contribution in [1.29, 1.82) is 0 Å². The Labute approximate surface area is 191 Å². The minimum atomic E-state index is 0.0469. The Bertz CT molecular complexity index is 1260. The average molecular weight is 446 g/mol. The van der Waals surface area contributed by atoms with Gasteiger partial charge in [0.1, 0.15) is 17.9 Å². The van der Waals surface area contributed by atoms with Gasteiger partial charge in [-0.2, -0.15) is 5.10 Å². The van der Waals surface area contributed by atoms with Gasteiger partial charge in [-0.15, -0.1) is 10.2 Å². The van der Waals surface area contributed by atoms with Crippen LogP contribution in [0.4, 0.5) is 0 Å². The van der Waals surface area contributed by atoms with E-state index in [1.54, 1.807) is 4.68 Å². The molecule has 7 heteroatoms. The standard InChI is InChI=1S/C25H24ClN5O/c1-17-9-8-14-30(15-17)20(32)16-31-25-21(23(29-31)18-10-4-2-5-11-18)22(26)24(27-28-25)19-12-6-3-7-13-19/h2-7,10-13,17H,8-9,14-16H2,1H3. The number of piperidine rings is 1. The summed E-state index contributed by atoms with van der Waals surface area (Å²) in [6.07, 6.45) is 2.20. The van der Waals surface area contributed by atoms with E-state index in [0.29, 0.717) is 33.4 Å². The molecule has 0 aliphatic carbocycles. The van der Waals surface area contributed by atoms with Crippen molar-refractivity contribution < 1.29 is 4.79 Å². The van der Waals surface area contributed by atoms with Gasteiger partial charge in [0.05, 0.1) is 10.4 Å². The molecule has 1 aliphatic rings. The summed E-state index contributed by atoms with van der Waals surface area (Å²) in [6, 6.07) is 19.6. The molecule has 0 spiro atoms. The molecule has 32 heavy (non-hydrogen) atoms. The number of carbonyl (C=O) groups is 1. The number of hydrogen-bond acceptors (Lipinski definition) is 4. The molecule has 2 aromatic carbocycles. The van der Waals surface area contributed by atoms with Crippen molar-refractivity contribution >= 4 is 28.5 Å². The summed E-state index contributed by atoms with van der Waals surface area (Å²) in [4.78, 5) is 15.0. The Balaban J connectivity index is 1.61. The van der Waals surface area contributed by atoms with Crippen molar-refractivity contribution in [1.82, 2.24) is 24.9 Å². The van der Waals surface area contributed by atoms with E-state index in [1.807, 2.05) is 65.6 Å². The molecule has 2 aromatic heterocycles. The van der Waals surface area contributed by atoms with Crippen LogP contribution in [-0.2, 0) is 11.3 Å². The van der Waals surface area contributed by atoms with Crippen LogP contribution in [0.25, 0.3) is 33.5 Å². The number of fused-ring (bicyclic) bond motifs is 1. The van der Waals surface area contributed by atoms with Crippen molar-refractivity contribution in [2.45, 2.75) is 26.3 Å². The maximum Gasteiger partial charge on any atom is 0.244 e. The second kappa shape index (κ2) is 8.71. The Kier molecular flexibility index (Phi) is 5.62. The Hall–Kier alpha value is -3.25. The van der Waals surface area contributed by atoms with Gasteiger partial charge in [0.15, 0.2) is 5.65 Å². The zero-order valence-electron chi connectivity index (χ0n) is 17.9. The Morgan fingerprint density at radius 1 is 1.00 bits per heavy atom. The van der Waals surface area contributed by atoms with Crippen molar-refractivity contribution in [3.8, 4) is 22.5 Å². The average Bonchev–Trinajstić information content (AvgIpc) is 3.19. The minimum Gasteiger partial charge on any atom is -0.341 e. The predicted molar refractivity (Wildman–Crippen MR) is 126 cm³/mol. The third-order valence-electron chi connectivity index (χ3n) is 5.99. The SMILES string of the molecule is CC1CCCN(C(=O)Cn2nc(-c3ccccc3)c3c(Cl)c(-c4ccccc4)nnc32)C1. The van der Waals surface area contributed by atoms with E-state index < -0.39 is 0 Å². The second-order valence-corrected chi connectivity index (χ2v) is 8.76. The predicted octanol–water partition coefficient (Wildman–Crippen LogP) is 5.07. The first-order valence-corrected chi connectivity index (χ1v) is 11.3. The number of aromatic nitrogens is 4. The lowest BCUT2D eigenvalue weighted by Crippen LogP contribution is -2.41. The smallest absolute Gasteiger partial charge is 0.244 e. The number of amides is 1. The van der Waals surface area contributed by atoms with Crippen LogP contribution in [-0.4, -0.2) is 43.9 Å². The number of carbonyl (C=O) groups excluding carboxylic acids is 1. The highest BCUT2D eigenvalue weighted by Crippen LogP contribution is 2.37. The quantitative estimate of drug-likeness (QED) is 0.439. The molecule has 0 saturated carbocycles. The monoisotopic (exact) mass is 445 g/mol. The van der Waals surface area contributed by atoms with Gasteiger partial charge in [-0.05, 0) is 18.8 Å². The molecule has 0 bridgehead atoms. The topological polar surface area (TPSA) is 63.9 Å². The third-order valence-corrected chi connectivity index (χ3v) is 6.35. The van der Waals surface area contributed by atoms with Crippen molar-refractivity contribution in [2.24, 2.45) is 5.92 Å². The molecule has 1 fully saturated rings. The number of benzene rings is 2. The van der Waals surface area contributed by atoms with E-state index in [0.717, 1.165) is 37.1 Å². The molecule has 0 N–H and O–H groups in total. The first-order chi connectivity index (χ1) is 15.6. The molecule has 3 heterocycles. The van der Waals surface area contributed by atoms with Gasteiger partial charge < -0.3 is 4.90 Å². The van der Waals surface area contributed by atoms with Gasteiger partial charge in [-0.3, -0.25) is 4.79 Å². The number of likely N-dealkylation sites (tertiary alicyclic amines) is 1. The normalized spacial score (nSPS) is 16.4. The van der Waals surface area contributed by atoms with Crippen LogP contribution in [0.3, 0.4) is 0 Å². The number of halogens is 1. The number of hydrogen-bond donors (Lipinski definition) is 0.